The molecule has 1 unspecified atom stereocenters. The van der Waals surface area contributed by atoms with Gasteiger partial charge in [0.15, 0.2) is 11.6 Å². The van der Waals surface area contributed by atoms with Crippen molar-refractivity contribution in [1.82, 2.24) is 0 Å². The average molecular weight is 211 g/mol. The van der Waals surface area contributed by atoms with Gasteiger partial charge in [-0.15, -0.1) is 0 Å². The summed E-state index contributed by atoms with van der Waals surface area (Å²) >= 11 is 0. The highest BCUT2D eigenvalue weighted by molar-refractivity contribution is 5.60. The Bertz CT molecular complexity index is 354. The minimum Gasteiger partial charge on any atom is -0.486 e. The number of benzene rings is 1. The molecule has 1 aliphatic heterocycles. The average Bonchev–Trinajstić information content (AvgIpc) is 2.19. The molecular formula is C11H14FNO2. The molecular weight excluding hydrogens is 197 g/mol. The first-order chi connectivity index (χ1) is 7.18. The number of para-hydroxylation sites is 1. The number of ether oxygens (including phenoxy) is 1. The first-order valence-electron chi connectivity index (χ1n) is 5.03. The van der Waals surface area contributed by atoms with Gasteiger partial charge in [-0.25, -0.2) is 4.39 Å². The lowest BCUT2D eigenvalue weighted by Gasteiger charge is -2.32. The topological polar surface area (TPSA) is 32.7 Å². The fourth-order valence-electron chi connectivity index (χ4n) is 1.78. The predicted octanol–water partition coefficient (Wildman–Crippen LogP) is 1.41. The molecule has 0 saturated heterocycles. The monoisotopic (exact) mass is 211 g/mol. The molecule has 1 aliphatic rings. The number of rotatable bonds is 2. The van der Waals surface area contributed by atoms with E-state index in [2.05, 4.69) is 0 Å². The normalized spacial score (nSPS) is 16.9. The van der Waals surface area contributed by atoms with Crippen LogP contribution in [0.25, 0.3) is 0 Å². The smallest absolute Gasteiger partial charge is 0.178 e. The molecule has 0 radical (unpaired) electrons. The number of β-amino-alcohol motifs (C(OH)–C–C–N with tert-alkyl or cyclic N) is 1. The van der Waals surface area contributed by atoms with Crippen LogP contribution in [0.4, 0.5) is 10.1 Å². The molecule has 15 heavy (non-hydrogen) atoms. The number of aliphatic hydroxyl groups is 1. The molecule has 1 aromatic carbocycles. The quantitative estimate of drug-likeness (QED) is 0.802. The third-order valence-electron chi connectivity index (χ3n) is 2.38. The van der Waals surface area contributed by atoms with E-state index in [1.54, 1.807) is 19.1 Å². The third-order valence-corrected chi connectivity index (χ3v) is 2.38. The highest BCUT2D eigenvalue weighted by Gasteiger charge is 2.21. The second kappa shape index (κ2) is 4.06. The van der Waals surface area contributed by atoms with Gasteiger partial charge >= 0.3 is 0 Å². The van der Waals surface area contributed by atoms with E-state index in [-0.39, 0.29) is 5.82 Å². The number of fused-ring (bicyclic) bond motifs is 1. The Balaban J connectivity index is 2.30. The van der Waals surface area contributed by atoms with Gasteiger partial charge in [-0.3, -0.25) is 0 Å². The van der Waals surface area contributed by atoms with Crippen molar-refractivity contribution in [3.8, 4) is 5.75 Å². The van der Waals surface area contributed by atoms with E-state index in [9.17, 15) is 9.50 Å². The van der Waals surface area contributed by atoms with Crippen molar-refractivity contribution in [3.05, 3.63) is 24.0 Å². The molecule has 1 heterocycles. The SMILES string of the molecule is CC(O)CN1CCOc2c(F)cccc21. The summed E-state index contributed by atoms with van der Waals surface area (Å²) in [5.41, 5.74) is 0.724. The van der Waals surface area contributed by atoms with Crippen molar-refractivity contribution in [3.63, 3.8) is 0 Å². The molecule has 0 aromatic heterocycles. The van der Waals surface area contributed by atoms with E-state index in [0.717, 1.165) is 5.69 Å². The second-order valence-electron chi connectivity index (χ2n) is 3.73. The van der Waals surface area contributed by atoms with Gasteiger partial charge in [-0.2, -0.15) is 0 Å². The number of hydrogen-bond donors (Lipinski definition) is 1. The van der Waals surface area contributed by atoms with Crippen molar-refractivity contribution < 1.29 is 14.2 Å². The van der Waals surface area contributed by atoms with Gasteiger partial charge < -0.3 is 14.7 Å². The highest BCUT2D eigenvalue weighted by atomic mass is 19.1. The number of aliphatic hydroxyl groups excluding tert-OH is 1. The Morgan fingerprint density at radius 1 is 1.60 bits per heavy atom. The summed E-state index contributed by atoms with van der Waals surface area (Å²) < 4.78 is 18.6. The fraction of sp³-hybridized carbons (Fsp3) is 0.455. The van der Waals surface area contributed by atoms with E-state index >= 15 is 0 Å². The third kappa shape index (κ3) is 2.04. The summed E-state index contributed by atoms with van der Waals surface area (Å²) in [6.07, 6.45) is -0.431. The number of halogens is 1. The summed E-state index contributed by atoms with van der Waals surface area (Å²) in [4.78, 5) is 1.94. The molecule has 1 atom stereocenters. The lowest BCUT2D eigenvalue weighted by atomic mass is 10.2. The molecule has 0 amide bonds. The van der Waals surface area contributed by atoms with Crippen LogP contribution < -0.4 is 9.64 Å². The molecule has 1 aromatic rings. The van der Waals surface area contributed by atoms with E-state index < -0.39 is 6.10 Å². The zero-order valence-corrected chi connectivity index (χ0v) is 8.61. The van der Waals surface area contributed by atoms with Gasteiger partial charge in [0, 0.05) is 6.54 Å². The van der Waals surface area contributed by atoms with Crippen LogP contribution in [0.3, 0.4) is 0 Å². The Labute approximate surface area is 88.1 Å². The zero-order valence-electron chi connectivity index (χ0n) is 8.61. The number of anilines is 1. The second-order valence-corrected chi connectivity index (χ2v) is 3.73. The molecule has 0 bridgehead atoms. The van der Waals surface area contributed by atoms with E-state index in [1.165, 1.54) is 6.07 Å². The van der Waals surface area contributed by atoms with Crippen molar-refractivity contribution in [2.24, 2.45) is 0 Å². The van der Waals surface area contributed by atoms with Crippen LogP contribution >= 0.6 is 0 Å². The van der Waals surface area contributed by atoms with Crippen LogP contribution in [0.1, 0.15) is 6.92 Å². The lowest BCUT2D eigenvalue weighted by Crippen LogP contribution is -2.37. The predicted molar refractivity (Wildman–Crippen MR) is 55.8 cm³/mol. The van der Waals surface area contributed by atoms with Gasteiger partial charge in [0.05, 0.1) is 18.3 Å². The lowest BCUT2D eigenvalue weighted by molar-refractivity contribution is 0.194. The molecule has 2 rings (SSSR count). The fourth-order valence-corrected chi connectivity index (χ4v) is 1.78. The molecule has 82 valence electrons. The summed E-state index contributed by atoms with van der Waals surface area (Å²) in [6.45, 7) is 3.36. The summed E-state index contributed by atoms with van der Waals surface area (Å²) in [7, 11) is 0. The minimum atomic E-state index is -0.431. The largest absolute Gasteiger partial charge is 0.486 e. The van der Waals surface area contributed by atoms with Crippen LogP contribution in [-0.2, 0) is 0 Å². The maximum Gasteiger partial charge on any atom is 0.178 e. The van der Waals surface area contributed by atoms with Crippen molar-refractivity contribution >= 4 is 5.69 Å². The molecule has 3 nitrogen and oxygen atoms in total. The van der Waals surface area contributed by atoms with Crippen LogP contribution in [0, 0.1) is 5.82 Å². The first kappa shape index (κ1) is 10.2. The number of nitrogens with zero attached hydrogens (tertiary/aromatic N) is 1. The molecule has 0 fully saturated rings. The van der Waals surface area contributed by atoms with Crippen molar-refractivity contribution in [2.45, 2.75) is 13.0 Å². The van der Waals surface area contributed by atoms with E-state index in [1.807, 2.05) is 4.90 Å². The molecule has 0 saturated carbocycles. The van der Waals surface area contributed by atoms with Crippen molar-refractivity contribution in [2.75, 3.05) is 24.6 Å². The van der Waals surface area contributed by atoms with Gasteiger partial charge in [0.2, 0.25) is 0 Å². The zero-order chi connectivity index (χ0) is 10.8. The first-order valence-corrected chi connectivity index (χ1v) is 5.03. The Morgan fingerprint density at radius 2 is 2.40 bits per heavy atom. The van der Waals surface area contributed by atoms with Crippen LogP contribution in [0.15, 0.2) is 18.2 Å². The van der Waals surface area contributed by atoms with Crippen molar-refractivity contribution in [1.29, 1.82) is 0 Å². The molecule has 1 N–H and O–H groups in total. The highest BCUT2D eigenvalue weighted by Crippen LogP contribution is 2.33. The number of hydrogen-bond acceptors (Lipinski definition) is 3. The molecule has 4 heteroatoms. The summed E-state index contributed by atoms with van der Waals surface area (Å²) in [5, 5.41) is 9.32. The maximum atomic E-state index is 13.4. The minimum absolute atomic E-state index is 0.296. The van der Waals surface area contributed by atoms with E-state index in [0.29, 0.717) is 25.4 Å². The summed E-state index contributed by atoms with van der Waals surface area (Å²) in [6, 6.07) is 4.84. The Morgan fingerprint density at radius 3 is 3.13 bits per heavy atom. The maximum absolute atomic E-state index is 13.4. The van der Waals surface area contributed by atoms with Gasteiger partial charge in [0.1, 0.15) is 6.61 Å². The van der Waals surface area contributed by atoms with Gasteiger partial charge in [-0.1, -0.05) is 6.07 Å². The summed E-state index contributed by atoms with van der Waals surface area (Å²) in [5.74, 6) is -0.0489. The van der Waals surface area contributed by atoms with Crippen LogP contribution in [-0.4, -0.2) is 30.9 Å². The van der Waals surface area contributed by atoms with Crippen LogP contribution in [0.5, 0.6) is 5.75 Å². The molecule has 0 aliphatic carbocycles. The van der Waals surface area contributed by atoms with E-state index in [4.69, 9.17) is 4.74 Å². The van der Waals surface area contributed by atoms with Gasteiger partial charge in [-0.05, 0) is 19.1 Å². The standard InChI is InChI=1S/C11H14FNO2/c1-8(14)7-13-5-6-15-11-9(12)3-2-4-10(11)13/h2-4,8,14H,5-7H2,1H3. The Hall–Kier alpha value is -1.29. The Kier molecular flexibility index (Phi) is 2.77. The molecule has 0 spiro atoms. The van der Waals surface area contributed by atoms with Gasteiger partial charge in [0.25, 0.3) is 0 Å². The van der Waals surface area contributed by atoms with Crippen LogP contribution in [0.2, 0.25) is 0 Å².